The summed E-state index contributed by atoms with van der Waals surface area (Å²) in [4.78, 5) is 24.3. The fraction of sp³-hybridized carbons (Fsp3) is 0.300. The molecular formula is C20H20BrN5O3S. The Morgan fingerprint density at radius 2 is 2.00 bits per heavy atom. The van der Waals surface area contributed by atoms with Crippen LogP contribution in [0, 0.1) is 0 Å². The van der Waals surface area contributed by atoms with E-state index >= 15 is 0 Å². The van der Waals surface area contributed by atoms with Crippen molar-refractivity contribution in [3.05, 3.63) is 58.7 Å². The molecule has 4 rings (SSSR count). The third-order valence-corrected chi connectivity index (χ3v) is 6.17. The van der Waals surface area contributed by atoms with Gasteiger partial charge in [-0.15, -0.1) is 10.2 Å². The number of hydrogen-bond acceptors (Lipinski definition) is 6. The van der Waals surface area contributed by atoms with Crippen molar-refractivity contribution in [2.24, 2.45) is 0 Å². The summed E-state index contributed by atoms with van der Waals surface area (Å²) in [6.07, 6.45) is 3.85. The van der Waals surface area contributed by atoms with Gasteiger partial charge in [0.15, 0.2) is 5.16 Å². The van der Waals surface area contributed by atoms with Crippen molar-refractivity contribution >= 4 is 45.2 Å². The fourth-order valence-corrected chi connectivity index (χ4v) is 4.03. The van der Waals surface area contributed by atoms with Crippen LogP contribution in [-0.4, -0.2) is 38.9 Å². The van der Waals surface area contributed by atoms with E-state index in [4.69, 9.17) is 4.42 Å². The second-order valence-electron chi connectivity index (χ2n) is 6.87. The number of rotatable bonds is 9. The van der Waals surface area contributed by atoms with E-state index in [9.17, 15) is 9.59 Å². The van der Waals surface area contributed by atoms with Crippen molar-refractivity contribution in [1.82, 2.24) is 20.1 Å². The lowest BCUT2D eigenvalue weighted by molar-refractivity contribution is -0.122. The predicted octanol–water partition coefficient (Wildman–Crippen LogP) is 3.41. The maximum atomic E-state index is 12.2. The summed E-state index contributed by atoms with van der Waals surface area (Å²) in [5.74, 6) is 1.77. The number of para-hydroxylation sites is 1. The number of thioether (sulfide) groups is 1. The van der Waals surface area contributed by atoms with Gasteiger partial charge in [0.25, 0.3) is 0 Å². The summed E-state index contributed by atoms with van der Waals surface area (Å²) in [5.41, 5.74) is 0.657. The van der Waals surface area contributed by atoms with Gasteiger partial charge in [0, 0.05) is 10.4 Å². The molecule has 0 aliphatic heterocycles. The Morgan fingerprint density at radius 3 is 2.73 bits per heavy atom. The van der Waals surface area contributed by atoms with Crippen LogP contribution in [0.1, 0.15) is 30.3 Å². The molecule has 0 spiro atoms. The molecule has 8 nitrogen and oxygen atoms in total. The minimum Gasteiger partial charge on any atom is -0.467 e. The van der Waals surface area contributed by atoms with Crippen LogP contribution in [-0.2, 0) is 16.1 Å². The molecule has 1 fully saturated rings. The number of nitrogens with one attached hydrogen (secondary N) is 2. The van der Waals surface area contributed by atoms with Crippen molar-refractivity contribution in [3.63, 3.8) is 0 Å². The van der Waals surface area contributed by atoms with E-state index < -0.39 is 0 Å². The summed E-state index contributed by atoms with van der Waals surface area (Å²) in [7, 11) is 0. The van der Waals surface area contributed by atoms with Crippen LogP contribution in [0.4, 0.5) is 5.69 Å². The van der Waals surface area contributed by atoms with Crippen molar-refractivity contribution in [1.29, 1.82) is 0 Å². The summed E-state index contributed by atoms with van der Waals surface area (Å²) in [5, 5.41) is 14.6. The maximum absolute atomic E-state index is 12.2. The zero-order chi connectivity index (χ0) is 20.9. The topological polar surface area (TPSA) is 102 Å². The van der Waals surface area contributed by atoms with Crippen LogP contribution in [0.2, 0.25) is 0 Å². The average molecular weight is 490 g/mol. The number of amides is 2. The van der Waals surface area contributed by atoms with Crippen molar-refractivity contribution < 1.29 is 14.0 Å². The van der Waals surface area contributed by atoms with Gasteiger partial charge >= 0.3 is 0 Å². The zero-order valence-electron chi connectivity index (χ0n) is 16.0. The van der Waals surface area contributed by atoms with E-state index in [1.807, 2.05) is 34.9 Å². The van der Waals surface area contributed by atoms with Crippen molar-refractivity contribution in [3.8, 4) is 0 Å². The molecule has 10 heteroatoms. The van der Waals surface area contributed by atoms with Gasteiger partial charge in [0.2, 0.25) is 11.8 Å². The first kappa shape index (κ1) is 20.7. The van der Waals surface area contributed by atoms with E-state index in [1.54, 1.807) is 12.3 Å². The molecule has 1 saturated carbocycles. The number of benzene rings is 1. The molecule has 156 valence electrons. The summed E-state index contributed by atoms with van der Waals surface area (Å²) in [6.45, 7) is 0.428. The third-order valence-electron chi connectivity index (χ3n) is 4.51. The lowest BCUT2D eigenvalue weighted by atomic mass is 10.3. The Hall–Kier alpha value is -2.59. The number of furan rings is 1. The highest BCUT2D eigenvalue weighted by molar-refractivity contribution is 9.10. The largest absolute Gasteiger partial charge is 0.467 e. The molecule has 0 unspecified atom stereocenters. The molecule has 1 aliphatic carbocycles. The maximum Gasteiger partial charge on any atom is 0.243 e. The van der Waals surface area contributed by atoms with Crippen LogP contribution >= 0.6 is 27.7 Å². The molecule has 0 radical (unpaired) electrons. The number of hydrogen-bond donors (Lipinski definition) is 2. The second-order valence-corrected chi connectivity index (χ2v) is 8.67. The van der Waals surface area contributed by atoms with Crippen molar-refractivity contribution in [2.45, 2.75) is 30.5 Å². The molecule has 0 bridgehead atoms. The van der Waals surface area contributed by atoms with Gasteiger partial charge in [-0.05, 0) is 53.0 Å². The van der Waals surface area contributed by atoms with Crippen LogP contribution in [0.5, 0.6) is 0 Å². The lowest BCUT2D eigenvalue weighted by Crippen LogP contribution is -2.34. The highest BCUT2D eigenvalue weighted by atomic mass is 79.9. The molecule has 2 aromatic heterocycles. The Morgan fingerprint density at radius 1 is 1.17 bits per heavy atom. The van der Waals surface area contributed by atoms with E-state index in [-0.39, 0.29) is 24.1 Å². The summed E-state index contributed by atoms with van der Waals surface area (Å²) >= 11 is 4.67. The zero-order valence-corrected chi connectivity index (χ0v) is 18.4. The highest BCUT2D eigenvalue weighted by Gasteiger charge is 2.30. The Kier molecular flexibility index (Phi) is 6.53. The molecule has 30 heavy (non-hydrogen) atoms. The fourth-order valence-electron chi connectivity index (χ4n) is 2.87. The Bertz CT molecular complexity index is 1030. The quantitative estimate of drug-likeness (QED) is 0.446. The number of aromatic nitrogens is 3. The van der Waals surface area contributed by atoms with Crippen LogP contribution < -0.4 is 10.6 Å². The van der Waals surface area contributed by atoms with Crippen molar-refractivity contribution in [2.75, 3.05) is 17.6 Å². The molecule has 0 saturated heterocycles. The first-order valence-corrected chi connectivity index (χ1v) is 11.3. The minimum atomic E-state index is -0.294. The van der Waals surface area contributed by atoms with Gasteiger partial charge in [-0.3, -0.25) is 14.2 Å². The summed E-state index contributed by atoms with van der Waals surface area (Å²) < 4.78 is 8.24. The molecule has 0 atom stereocenters. The second kappa shape index (κ2) is 9.48. The normalized spacial score (nSPS) is 13.2. The number of nitrogens with zero attached hydrogens (tertiary/aromatic N) is 3. The SMILES string of the molecule is O=C(CSc1nnc(C2CC2)n1Cc1ccco1)NCC(=O)Nc1ccccc1Br. The standard InChI is InChI=1S/C20H20BrN5O3S/c21-15-5-1-2-6-16(15)23-17(27)10-22-18(28)12-30-20-25-24-19(13-7-8-13)26(20)11-14-4-3-9-29-14/h1-6,9,13H,7-8,10-12H2,(H,22,28)(H,23,27). The van der Waals surface area contributed by atoms with Gasteiger partial charge in [0.05, 0.1) is 30.8 Å². The lowest BCUT2D eigenvalue weighted by Gasteiger charge is -2.09. The molecule has 2 amide bonds. The van der Waals surface area contributed by atoms with Gasteiger partial charge in [-0.25, -0.2) is 0 Å². The monoisotopic (exact) mass is 489 g/mol. The van der Waals surface area contributed by atoms with Crippen LogP contribution in [0.25, 0.3) is 0 Å². The van der Waals surface area contributed by atoms with Gasteiger partial charge in [-0.2, -0.15) is 0 Å². The molecule has 2 heterocycles. The smallest absolute Gasteiger partial charge is 0.243 e. The molecule has 3 aromatic rings. The average Bonchev–Trinajstić information content (AvgIpc) is 3.30. The van der Waals surface area contributed by atoms with E-state index in [2.05, 4.69) is 36.8 Å². The first-order chi connectivity index (χ1) is 14.6. The van der Waals surface area contributed by atoms with E-state index in [0.717, 1.165) is 28.9 Å². The molecule has 2 N–H and O–H groups in total. The number of carbonyl (C=O) groups excluding carboxylic acids is 2. The number of carbonyl (C=O) groups is 2. The highest BCUT2D eigenvalue weighted by Crippen LogP contribution is 2.40. The van der Waals surface area contributed by atoms with E-state index in [0.29, 0.717) is 23.3 Å². The van der Waals surface area contributed by atoms with Crippen LogP contribution in [0.15, 0.2) is 56.7 Å². The molecular weight excluding hydrogens is 470 g/mol. The Balaban J connectivity index is 1.29. The summed E-state index contributed by atoms with van der Waals surface area (Å²) in [6, 6.07) is 11.0. The van der Waals surface area contributed by atoms with Gasteiger partial charge < -0.3 is 15.1 Å². The number of halogens is 1. The third kappa shape index (κ3) is 5.31. The van der Waals surface area contributed by atoms with Crippen LogP contribution in [0.3, 0.4) is 0 Å². The van der Waals surface area contributed by atoms with Gasteiger partial charge in [-0.1, -0.05) is 23.9 Å². The first-order valence-electron chi connectivity index (χ1n) is 9.49. The minimum absolute atomic E-state index is 0.104. The molecule has 1 aliphatic rings. The Labute approximate surface area is 185 Å². The van der Waals surface area contributed by atoms with E-state index in [1.165, 1.54) is 11.8 Å². The molecule has 1 aromatic carbocycles. The van der Waals surface area contributed by atoms with Gasteiger partial charge in [0.1, 0.15) is 11.6 Å². The predicted molar refractivity (Wildman–Crippen MR) is 116 cm³/mol. The number of anilines is 1.